The van der Waals surface area contributed by atoms with Gasteiger partial charge >= 0.3 is 5.79 Å². The van der Waals surface area contributed by atoms with Crippen LogP contribution in [0, 0.1) is 5.41 Å². The Balaban J connectivity index is 1.70. The summed E-state index contributed by atoms with van der Waals surface area (Å²) in [6.07, 6.45) is 1.06. The molecule has 0 radical (unpaired) electrons. The van der Waals surface area contributed by atoms with Gasteiger partial charge in [0.25, 0.3) is 5.78 Å². The van der Waals surface area contributed by atoms with Crippen molar-refractivity contribution >= 4 is 11.6 Å². The second-order valence-electron chi connectivity index (χ2n) is 8.32. The molecule has 4 nitrogen and oxygen atoms in total. The molecule has 2 aliphatic heterocycles. The van der Waals surface area contributed by atoms with E-state index in [4.69, 9.17) is 9.47 Å². The van der Waals surface area contributed by atoms with Crippen LogP contribution >= 0.6 is 0 Å². The molecule has 2 atom stereocenters. The third kappa shape index (κ3) is 2.22. The Bertz CT molecular complexity index is 1000. The zero-order chi connectivity index (χ0) is 18.8. The van der Waals surface area contributed by atoms with E-state index in [0.717, 1.165) is 5.56 Å². The Kier molecular flexibility index (Phi) is 3.21. The fourth-order valence-corrected chi connectivity index (χ4v) is 4.55. The summed E-state index contributed by atoms with van der Waals surface area (Å²) in [6, 6.07) is 16.8. The van der Waals surface area contributed by atoms with Crippen molar-refractivity contribution in [2.75, 3.05) is 0 Å². The van der Waals surface area contributed by atoms with Crippen molar-refractivity contribution in [3.63, 3.8) is 0 Å². The number of hydrogen-bond acceptors (Lipinski definition) is 4. The number of carbonyl (C=O) groups is 2. The predicted molar refractivity (Wildman–Crippen MR) is 99.4 cm³/mol. The average Bonchev–Trinajstić information content (AvgIpc) is 3.10. The third-order valence-corrected chi connectivity index (χ3v) is 5.67. The van der Waals surface area contributed by atoms with E-state index in [2.05, 4.69) is 0 Å². The molecule has 0 bridgehead atoms. The molecule has 0 N–H and O–H groups in total. The van der Waals surface area contributed by atoms with E-state index in [9.17, 15) is 9.59 Å². The number of Topliss-reactive ketones (excluding diaryl/α,β-unsaturated/α-hetero) is 2. The summed E-state index contributed by atoms with van der Waals surface area (Å²) in [4.78, 5) is 26.5. The molecule has 2 unspecified atom stereocenters. The molecule has 0 amide bonds. The molecule has 136 valence electrons. The highest BCUT2D eigenvalue weighted by atomic mass is 16.7. The van der Waals surface area contributed by atoms with Crippen LogP contribution in [0.25, 0.3) is 0 Å². The number of hydrogen-bond donors (Lipinski definition) is 0. The summed E-state index contributed by atoms with van der Waals surface area (Å²) in [7, 11) is 0. The average molecular weight is 360 g/mol. The van der Waals surface area contributed by atoms with Gasteiger partial charge in [0.05, 0.1) is 5.56 Å². The third-order valence-electron chi connectivity index (χ3n) is 5.67. The molecule has 0 aromatic heterocycles. The van der Waals surface area contributed by atoms with E-state index in [0.29, 0.717) is 35.5 Å². The van der Waals surface area contributed by atoms with E-state index < -0.39 is 11.7 Å². The molecule has 2 heterocycles. The van der Waals surface area contributed by atoms with Crippen LogP contribution in [0.5, 0.6) is 5.75 Å². The molecule has 2 aromatic rings. The normalized spacial score (nSPS) is 28.0. The first kappa shape index (κ1) is 16.3. The molecular formula is C23H20O4. The van der Waals surface area contributed by atoms with Crippen molar-refractivity contribution in [1.29, 1.82) is 0 Å². The fraction of sp³-hybridized carbons (Fsp3) is 0.304. The molecule has 1 spiro atoms. The second kappa shape index (κ2) is 5.32. The maximum absolute atomic E-state index is 13.4. The predicted octanol–water partition coefficient (Wildman–Crippen LogP) is 4.42. The fourth-order valence-electron chi connectivity index (χ4n) is 4.55. The van der Waals surface area contributed by atoms with Gasteiger partial charge in [0.15, 0.2) is 5.78 Å². The lowest BCUT2D eigenvalue weighted by atomic mass is 9.72. The maximum Gasteiger partial charge on any atom is 0.327 e. The summed E-state index contributed by atoms with van der Waals surface area (Å²) >= 11 is 0. The van der Waals surface area contributed by atoms with Gasteiger partial charge in [-0.05, 0) is 23.1 Å². The maximum atomic E-state index is 13.4. The van der Waals surface area contributed by atoms with Gasteiger partial charge in [-0.2, -0.15) is 0 Å². The number of ketones is 2. The Hall–Kier alpha value is -2.88. The van der Waals surface area contributed by atoms with Gasteiger partial charge in [-0.1, -0.05) is 56.3 Å². The van der Waals surface area contributed by atoms with E-state index in [-0.39, 0.29) is 17.0 Å². The van der Waals surface area contributed by atoms with Crippen molar-refractivity contribution in [1.82, 2.24) is 0 Å². The van der Waals surface area contributed by atoms with Crippen molar-refractivity contribution < 1.29 is 19.1 Å². The minimum absolute atomic E-state index is 0.0411. The summed E-state index contributed by atoms with van der Waals surface area (Å²) in [6.45, 7) is 4.10. The molecule has 0 fully saturated rings. The van der Waals surface area contributed by atoms with E-state index in [1.165, 1.54) is 0 Å². The minimum Gasteiger partial charge on any atom is -0.449 e. The highest BCUT2D eigenvalue weighted by Gasteiger charge is 2.64. The zero-order valence-corrected chi connectivity index (χ0v) is 15.3. The van der Waals surface area contributed by atoms with Crippen molar-refractivity contribution in [2.24, 2.45) is 5.41 Å². The Morgan fingerprint density at radius 2 is 1.59 bits per heavy atom. The number of allylic oxidation sites excluding steroid dienone is 1. The Morgan fingerprint density at radius 3 is 2.33 bits per heavy atom. The topological polar surface area (TPSA) is 52.6 Å². The molecule has 3 aliphatic rings. The lowest BCUT2D eigenvalue weighted by Crippen LogP contribution is -2.46. The second-order valence-corrected chi connectivity index (χ2v) is 8.32. The van der Waals surface area contributed by atoms with Crippen molar-refractivity contribution in [3.8, 4) is 5.75 Å². The number of benzene rings is 2. The SMILES string of the molecule is CC1(C)CC(=O)C2=C(C1)OC1(Oc3ccccc3C1=O)C2c1ccccc1. The van der Waals surface area contributed by atoms with Crippen LogP contribution in [0.3, 0.4) is 0 Å². The first-order valence-electron chi connectivity index (χ1n) is 9.24. The molecule has 2 aromatic carbocycles. The van der Waals surface area contributed by atoms with Crippen LogP contribution in [0.15, 0.2) is 65.9 Å². The van der Waals surface area contributed by atoms with Crippen LogP contribution in [0.4, 0.5) is 0 Å². The molecule has 27 heavy (non-hydrogen) atoms. The van der Waals surface area contributed by atoms with Crippen molar-refractivity contribution in [2.45, 2.75) is 38.4 Å². The Labute approximate surface area is 157 Å². The molecule has 1 aliphatic carbocycles. The number of para-hydroxylation sites is 1. The number of carbonyl (C=O) groups excluding carboxylic acids is 2. The first-order chi connectivity index (χ1) is 12.9. The smallest absolute Gasteiger partial charge is 0.327 e. The van der Waals surface area contributed by atoms with Crippen LogP contribution in [-0.2, 0) is 9.53 Å². The summed E-state index contributed by atoms with van der Waals surface area (Å²) in [5, 5.41) is 0. The number of rotatable bonds is 1. The molecule has 5 rings (SSSR count). The Morgan fingerprint density at radius 1 is 0.889 bits per heavy atom. The quantitative estimate of drug-likeness (QED) is 0.756. The van der Waals surface area contributed by atoms with Crippen LogP contribution in [0.1, 0.15) is 48.5 Å². The van der Waals surface area contributed by atoms with Crippen LogP contribution in [-0.4, -0.2) is 17.4 Å². The number of ether oxygens (including phenoxy) is 2. The lowest BCUT2D eigenvalue weighted by Gasteiger charge is -2.29. The first-order valence-corrected chi connectivity index (χ1v) is 9.24. The molecular weight excluding hydrogens is 340 g/mol. The van der Waals surface area contributed by atoms with Gasteiger partial charge in [-0.25, -0.2) is 0 Å². The summed E-state index contributed by atoms with van der Waals surface area (Å²) < 4.78 is 12.4. The minimum atomic E-state index is -1.52. The summed E-state index contributed by atoms with van der Waals surface area (Å²) in [5.74, 6) is -1.14. The largest absolute Gasteiger partial charge is 0.449 e. The van der Waals surface area contributed by atoms with Gasteiger partial charge in [0.1, 0.15) is 17.4 Å². The standard InChI is InChI=1S/C23H20O4/c1-22(2)12-16(24)19-18(13-22)27-23(20(19)14-8-4-3-5-9-14)21(25)15-10-6-7-11-17(15)26-23/h3-11,20H,12-13H2,1-2H3. The van der Waals surface area contributed by atoms with Gasteiger partial charge in [-0.3, -0.25) is 9.59 Å². The molecule has 0 saturated heterocycles. The highest BCUT2D eigenvalue weighted by molar-refractivity contribution is 6.10. The summed E-state index contributed by atoms with van der Waals surface area (Å²) in [5.41, 5.74) is 1.76. The lowest BCUT2D eigenvalue weighted by molar-refractivity contribution is -0.118. The van der Waals surface area contributed by atoms with Crippen molar-refractivity contribution in [3.05, 3.63) is 77.1 Å². The van der Waals surface area contributed by atoms with Crippen LogP contribution in [0.2, 0.25) is 0 Å². The van der Waals surface area contributed by atoms with E-state index in [1.807, 2.05) is 56.3 Å². The zero-order valence-electron chi connectivity index (χ0n) is 15.3. The van der Waals surface area contributed by atoms with Gasteiger partial charge in [0.2, 0.25) is 0 Å². The molecule has 0 saturated carbocycles. The molecule has 4 heteroatoms. The van der Waals surface area contributed by atoms with Gasteiger partial charge in [0, 0.05) is 18.4 Å². The van der Waals surface area contributed by atoms with Gasteiger partial charge in [-0.15, -0.1) is 0 Å². The monoisotopic (exact) mass is 360 g/mol. The van der Waals surface area contributed by atoms with Gasteiger partial charge < -0.3 is 9.47 Å². The van der Waals surface area contributed by atoms with Crippen LogP contribution < -0.4 is 4.74 Å². The number of fused-ring (bicyclic) bond motifs is 1. The van der Waals surface area contributed by atoms with E-state index >= 15 is 0 Å². The van der Waals surface area contributed by atoms with E-state index in [1.54, 1.807) is 12.1 Å². The highest BCUT2D eigenvalue weighted by Crippen LogP contribution is 2.57.